The minimum atomic E-state index is -1.88. The molecule has 28 heavy (non-hydrogen) atoms. The number of carbonyl (C=O) groups excluding carboxylic acids is 2. The van der Waals surface area contributed by atoms with E-state index in [-0.39, 0.29) is 59.1 Å². The Bertz CT molecular complexity index is 536. The molecule has 0 bridgehead atoms. The Labute approximate surface area is 204 Å². The van der Waals surface area contributed by atoms with Gasteiger partial charge in [0.2, 0.25) is 0 Å². The second kappa shape index (κ2) is 11.9. The number of carboxylic acids is 2. The van der Waals surface area contributed by atoms with Crippen LogP contribution in [0.15, 0.2) is 0 Å². The number of hydrogen-bond donors (Lipinski definition) is 4. The molecule has 0 aromatic heterocycles. The quantitative estimate of drug-likeness (QED) is 0.303. The van der Waals surface area contributed by atoms with Gasteiger partial charge in [-0.15, -0.1) is 0 Å². The summed E-state index contributed by atoms with van der Waals surface area (Å²) >= 11 is 0. The maximum absolute atomic E-state index is 11.2. The van der Waals surface area contributed by atoms with Crippen molar-refractivity contribution in [1.29, 1.82) is 0 Å². The molecule has 0 aromatic carbocycles. The summed E-state index contributed by atoms with van der Waals surface area (Å²) in [5.74, 6) is -3.55. The minimum absolute atomic E-state index is 0. The van der Waals surface area contributed by atoms with Crippen molar-refractivity contribution >= 4 is 11.9 Å². The van der Waals surface area contributed by atoms with Gasteiger partial charge in [-0.1, -0.05) is 0 Å². The first-order valence-corrected chi connectivity index (χ1v) is 7.73. The van der Waals surface area contributed by atoms with Crippen molar-refractivity contribution in [1.82, 2.24) is 0 Å². The van der Waals surface area contributed by atoms with Gasteiger partial charge in [0.1, 0.15) is 48.8 Å². The van der Waals surface area contributed by atoms with Crippen molar-refractivity contribution in [3.05, 3.63) is 0 Å². The predicted octanol–water partition coefficient (Wildman–Crippen LogP) is -12.1. The van der Waals surface area contributed by atoms with Gasteiger partial charge in [-0.05, 0) is 6.92 Å². The number of aliphatic hydroxyl groups is 4. The van der Waals surface area contributed by atoms with Gasteiger partial charge in [0, 0.05) is 7.11 Å². The summed E-state index contributed by atoms with van der Waals surface area (Å²) < 4.78 is 19.9. The fourth-order valence-electron chi connectivity index (χ4n) is 2.94. The summed E-state index contributed by atoms with van der Waals surface area (Å²) in [6.07, 6.45) is -16.9. The molecule has 150 valence electrons. The van der Waals surface area contributed by atoms with E-state index in [1.807, 2.05) is 0 Å². The molecular weight excluding hydrogens is 406 g/mol. The molecule has 12 nitrogen and oxygen atoms in total. The molecule has 0 aromatic rings. The molecule has 2 saturated heterocycles. The Hall–Kier alpha value is 0.620. The topological polar surface area (TPSA) is 198 Å². The molecule has 2 aliphatic heterocycles. The summed E-state index contributed by atoms with van der Waals surface area (Å²) in [6.45, 7) is 1.31. The van der Waals surface area contributed by atoms with Crippen LogP contribution in [0.2, 0.25) is 0 Å². The van der Waals surface area contributed by atoms with Crippen LogP contribution < -0.4 is 69.3 Å². The first kappa shape index (κ1) is 28.6. The van der Waals surface area contributed by atoms with Crippen molar-refractivity contribution in [3.63, 3.8) is 0 Å². The van der Waals surface area contributed by atoms with Crippen LogP contribution in [0.25, 0.3) is 0 Å². The van der Waals surface area contributed by atoms with Gasteiger partial charge in [-0.2, -0.15) is 0 Å². The molecule has 0 amide bonds. The first-order chi connectivity index (χ1) is 12.1. The van der Waals surface area contributed by atoms with Gasteiger partial charge in [0.05, 0.1) is 18.0 Å². The third-order valence-electron chi connectivity index (χ3n) is 4.40. The molecule has 0 saturated carbocycles. The summed E-state index contributed by atoms with van der Waals surface area (Å²) in [7, 11) is 1.07. The second-order valence-corrected chi connectivity index (χ2v) is 6.09. The number of ether oxygens (including phenoxy) is 4. The van der Waals surface area contributed by atoms with Crippen molar-refractivity contribution in [2.45, 2.75) is 68.1 Å². The largest absolute Gasteiger partial charge is 1.00 e. The van der Waals surface area contributed by atoms with Gasteiger partial charge in [-0.25, -0.2) is 0 Å². The van der Waals surface area contributed by atoms with Gasteiger partial charge in [0.25, 0.3) is 0 Å². The summed E-state index contributed by atoms with van der Waals surface area (Å²) in [5.41, 5.74) is 0. The van der Waals surface area contributed by atoms with Crippen LogP contribution in [-0.2, 0) is 28.5 Å². The van der Waals surface area contributed by atoms with E-state index >= 15 is 0 Å². The van der Waals surface area contributed by atoms with E-state index in [0.717, 1.165) is 7.11 Å². The molecule has 2 fully saturated rings. The van der Waals surface area contributed by atoms with E-state index in [2.05, 4.69) is 0 Å². The molecule has 2 rings (SSSR count). The van der Waals surface area contributed by atoms with Gasteiger partial charge >= 0.3 is 59.1 Å². The summed E-state index contributed by atoms with van der Waals surface area (Å²) in [6, 6.07) is 0. The smallest absolute Gasteiger partial charge is 0.547 e. The zero-order chi connectivity index (χ0) is 19.8. The standard InChI is InChI=1S/C14H22O12.2Na/c1-3-4(15)5(16)9(11(24-3)13(21)22)25-14-7(18)6(17)8(23-2)10(26-14)12(19)20;;/h3-11,14-18H,1-2H3,(H,19,20)(H,21,22);;/q;2*+1/p-2/t3-,4+,5+,6+,7-,8-,9-,10?,11?,14+;;/m0../s1. The van der Waals surface area contributed by atoms with Crippen molar-refractivity contribution < 1.29 is 118 Å². The number of aliphatic hydroxyl groups excluding tert-OH is 4. The average Bonchev–Trinajstić information content (AvgIpc) is 2.58. The van der Waals surface area contributed by atoms with E-state index in [1.165, 1.54) is 6.92 Å². The molecule has 10 atom stereocenters. The third kappa shape index (κ3) is 5.86. The molecule has 2 aliphatic rings. The normalized spacial score (nSPS) is 43.4. The summed E-state index contributed by atoms with van der Waals surface area (Å²) in [5, 5.41) is 62.4. The predicted molar refractivity (Wildman–Crippen MR) is 72.7 cm³/mol. The molecule has 0 aliphatic carbocycles. The van der Waals surface area contributed by atoms with Crippen LogP contribution in [0.1, 0.15) is 6.92 Å². The molecule has 2 heterocycles. The number of methoxy groups -OCH3 is 1. The molecule has 0 spiro atoms. The Balaban J connectivity index is 0.00000364. The summed E-state index contributed by atoms with van der Waals surface area (Å²) in [4.78, 5) is 22.4. The van der Waals surface area contributed by atoms with Crippen molar-refractivity contribution in [3.8, 4) is 0 Å². The van der Waals surface area contributed by atoms with Crippen LogP contribution in [0.4, 0.5) is 0 Å². The molecule has 2 unspecified atom stereocenters. The zero-order valence-corrected chi connectivity index (χ0v) is 19.8. The van der Waals surface area contributed by atoms with Crippen LogP contribution in [-0.4, -0.2) is 101 Å². The molecular formula is C14H20Na2O12. The van der Waals surface area contributed by atoms with E-state index in [4.69, 9.17) is 18.9 Å². The number of carboxylic acid groups (broad SMARTS) is 2. The number of rotatable bonds is 5. The fraction of sp³-hybridized carbons (Fsp3) is 0.857. The molecule has 4 N–H and O–H groups in total. The van der Waals surface area contributed by atoms with Gasteiger partial charge < -0.3 is 59.2 Å². The first-order valence-electron chi connectivity index (χ1n) is 7.73. The fourth-order valence-corrected chi connectivity index (χ4v) is 2.94. The second-order valence-electron chi connectivity index (χ2n) is 6.09. The SMILES string of the molecule is CO[C@@H]1C(C(=O)[O-])O[C@@H](O[C@@H]2C(C(=O)[O-])O[C@@H](C)[C@@H](O)[C@H]2O)[C@@H](O)[C@H]1O.[Na+].[Na+]. The third-order valence-corrected chi connectivity index (χ3v) is 4.40. The van der Waals surface area contributed by atoms with Crippen LogP contribution in [0.5, 0.6) is 0 Å². The van der Waals surface area contributed by atoms with E-state index < -0.39 is 73.2 Å². The van der Waals surface area contributed by atoms with E-state index in [1.54, 1.807) is 0 Å². The van der Waals surface area contributed by atoms with Crippen molar-refractivity contribution in [2.75, 3.05) is 7.11 Å². The maximum Gasteiger partial charge on any atom is 1.00 e. The van der Waals surface area contributed by atoms with Gasteiger partial charge in [0.15, 0.2) is 6.29 Å². The van der Waals surface area contributed by atoms with Crippen LogP contribution in [0, 0.1) is 0 Å². The van der Waals surface area contributed by atoms with Crippen LogP contribution >= 0.6 is 0 Å². The van der Waals surface area contributed by atoms with E-state index in [9.17, 15) is 40.2 Å². The molecule has 14 heteroatoms. The number of carbonyl (C=O) groups is 2. The Morgan fingerprint density at radius 2 is 1.29 bits per heavy atom. The minimum Gasteiger partial charge on any atom is -0.547 e. The molecule has 0 radical (unpaired) electrons. The number of aliphatic carboxylic acids is 2. The Morgan fingerprint density at radius 1 is 0.821 bits per heavy atom. The van der Waals surface area contributed by atoms with Crippen LogP contribution in [0.3, 0.4) is 0 Å². The Morgan fingerprint density at radius 3 is 1.75 bits per heavy atom. The average molecular weight is 426 g/mol. The van der Waals surface area contributed by atoms with E-state index in [0.29, 0.717) is 0 Å². The Kier molecular flexibility index (Phi) is 12.1. The number of hydrogen-bond acceptors (Lipinski definition) is 12. The maximum atomic E-state index is 11.2. The van der Waals surface area contributed by atoms with Gasteiger partial charge in [-0.3, -0.25) is 0 Å². The van der Waals surface area contributed by atoms with Crippen molar-refractivity contribution in [2.24, 2.45) is 0 Å². The zero-order valence-electron chi connectivity index (χ0n) is 15.8. The monoisotopic (exact) mass is 426 g/mol.